The third kappa shape index (κ3) is 4.88. The Labute approximate surface area is 282 Å². The summed E-state index contributed by atoms with van der Waals surface area (Å²) in [5, 5.41) is 0. The number of hydrogen-bond donors (Lipinski definition) is 0. The van der Waals surface area contributed by atoms with Crippen LogP contribution >= 0.6 is 0 Å². The average Bonchev–Trinajstić information content (AvgIpc) is 3.44. The van der Waals surface area contributed by atoms with Crippen molar-refractivity contribution in [1.82, 2.24) is 9.97 Å². The summed E-state index contributed by atoms with van der Waals surface area (Å²) in [6.45, 7) is 0. The number of benzene rings is 6. The minimum absolute atomic E-state index is 0.0829. The van der Waals surface area contributed by atoms with Crippen LogP contribution in [0.1, 0.15) is 43.2 Å². The molecule has 1 saturated carbocycles. The van der Waals surface area contributed by atoms with Crippen LogP contribution in [0.5, 0.6) is 0 Å². The summed E-state index contributed by atoms with van der Waals surface area (Å²) in [6, 6.07) is 56.7. The van der Waals surface area contributed by atoms with Crippen molar-refractivity contribution in [1.29, 1.82) is 0 Å². The molecule has 0 bridgehead atoms. The normalized spacial score (nSPS) is 14.4. The number of fused-ring (bicyclic) bond motifs is 5. The number of rotatable bonds is 5. The maximum atomic E-state index is 5.21. The summed E-state index contributed by atoms with van der Waals surface area (Å²) >= 11 is 0. The second-order valence-electron chi connectivity index (χ2n) is 13.3. The van der Waals surface area contributed by atoms with Crippen molar-refractivity contribution < 1.29 is 0 Å². The first kappa shape index (κ1) is 28.6. The van der Waals surface area contributed by atoms with E-state index in [-0.39, 0.29) is 5.41 Å². The van der Waals surface area contributed by atoms with Crippen LogP contribution in [0.2, 0.25) is 0 Å². The van der Waals surface area contributed by atoms with E-state index in [1.54, 1.807) is 0 Å². The summed E-state index contributed by atoms with van der Waals surface area (Å²) in [4.78, 5) is 10.4. The molecule has 230 valence electrons. The standard InChI is InChI=1S/C46H36N2/c1-4-14-32(15-5-1)33-24-26-35(27-25-33)43-31-42(34-16-6-2-7-17-34)47-45(48-43)37-19-12-18-36(30-37)38-21-13-22-40-39-20-8-9-23-41(39)46(44(38)40)28-10-3-11-29-46/h1-2,4-9,12-27,30-31H,3,10-11,28-29H2. The second kappa shape index (κ2) is 11.9. The summed E-state index contributed by atoms with van der Waals surface area (Å²) in [6.07, 6.45) is 6.29. The van der Waals surface area contributed by atoms with Gasteiger partial charge in [0.2, 0.25) is 0 Å². The van der Waals surface area contributed by atoms with Crippen molar-refractivity contribution in [3.05, 3.63) is 169 Å². The third-order valence-corrected chi connectivity index (χ3v) is 10.5. The van der Waals surface area contributed by atoms with Gasteiger partial charge in [0, 0.05) is 22.1 Å². The van der Waals surface area contributed by atoms with E-state index in [1.807, 2.05) is 6.07 Å². The predicted molar refractivity (Wildman–Crippen MR) is 199 cm³/mol. The second-order valence-corrected chi connectivity index (χ2v) is 13.3. The molecule has 7 aromatic rings. The van der Waals surface area contributed by atoms with Gasteiger partial charge in [-0.1, -0.05) is 165 Å². The molecule has 0 unspecified atom stereocenters. The summed E-state index contributed by atoms with van der Waals surface area (Å²) < 4.78 is 0. The Morgan fingerprint density at radius 2 is 0.896 bits per heavy atom. The SMILES string of the molecule is c1ccc(-c2ccc(-c3cc(-c4ccccc4)nc(-c4cccc(-c5cccc6c5C5(CCCCC5)c5ccccc5-6)c4)n3)cc2)cc1. The fourth-order valence-corrected chi connectivity index (χ4v) is 8.25. The molecule has 2 aliphatic rings. The maximum Gasteiger partial charge on any atom is 0.160 e. The van der Waals surface area contributed by atoms with Crippen LogP contribution < -0.4 is 0 Å². The van der Waals surface area contributed by atoms with Gasteiger partial charge in [-0.3, -0.25) is 0 Å². The molecule has 0 saturated heterocycles. The number of hydrogen-bond acceptors (Lipinski definition) is 2. The van der Waals surface area contributed by atoms with Crippen molar-refractivity contribution in [3.63, 3.8) is 0 Å². The minimum atomic E-state index is 0.0829. The highest BCUT2D eigenvalue weighted by molar-refractivity contribution is 5.89. The zero-order chi connectivity index (χ0) is 31.9. The molecule has 9 rings (SSSR count). The summed E-state index contributed by atoms with van der Waals surface area (Å²) in [7, 11) is 0. The van der Waals surface area contributed by atoms with Crippen LogP contribution in [0, 0.1) is 0 Å². The zero-order valence-electron chi connectivity index (χ0n) is 26.9. The zero-order valence-corrected chi connectivity index (χ0v) is 26.9. The fourth-order valence-electron chi connectivity index (χ4n) is 8.25. The predicted octanol–water partition coefficient (Wildman–Crippen LogP) is 12.0. The molecule has 2 heteroatoms. The van der Waals surface area contributed by atoms with Crippen LogP contribution in [0.3, 0.4) is 0 Å². The van der Waals surface area contributed by atoms with Crippen LogP contribution in [0.25, 0.3) is 67.3 Å². The first-order valence-electron chi connectivity index (χ1n) is 17.2. The van der Waals surface area contributed by atoms with Gasteiger partial charge in [-0.25, -0.2) is 9.97 Å². The molecule has 1 spiro atoms. The van der Waals surface area contributed by atoms with Crippen molar-refractivity contribution in [2.24, 2.45) is 0 Å². The lowest BCUT2D eigenvalue weighted by molar-refractivity contribution is 0.353. The fraction of sp³-hybridized carbons (Fsp3) is 0.130. The Hall–Kier alpha value is -5.60. The number of aromatic nitrogens is 2. The topological polar surface area (TPSA) is 25.8 Å². The molecule has 0 radical (unpaired) electrons. The lowest BCUT2D eigenvalue weighted by Crippen LogP contribution is -2.28. The molecule has 48 heavy (non-hydrogen) atoms. The molecule has 2 aliphatic carbocycles. The van der Waals surface area contributed by atoms with E-state index in [0.717, 1.165) is 33.9 Å². The van der Waals surface area contributed by atoms with Gasteiger partial charge < -0.3 is 0 Å². The van der Waals surface area contributed by atoms with Crippen LogP contribution in [-0.2, 0) is 5.41 Å². The van der Waals surface area contributed by atoms with E-state index in [2.05, 4.69) is 152 Å². The maximum absolute atomic E-state index is 5.21. The van der Waals surface area contributed by atoms with Crippen LogP contribution in [-0.4, -0.2) is 9.97 Å². The quantitative estimate of drug-likeness (QED) is 0.192. The van der Waals surface area contributed by atoms with E-state index < -0.39 is 0 Å². The Balaban J connectivity index is 1.17. The number of nitrogens with zero attached hydrogens (tertiary/aromatic N) is 2. The lowest BCUT2D eigenvalue weighted by atomic mass is 9.66. The van der Waals surface area contributed by atoms with Gasteiger partial charge in [0.25, 0.3) is 0 Å². The van der Waals surface area contributed by atoms with Gasteiger partial charge in [0.1, 0.15) is 0 Å². The first-order valence-corrected chi connectivity index (χ1v) is 17.2. The largest absolute Gasteiger partial charge is 0.228 e. The van der Waals surface area contributed by atoms with Gasteiger partial charge in [-0.2, -0.15) is 0 Å². The Kier molecular flexibility index (Phi) is 7.08. The molecule has 0 atom stereocenters. The van der Waals surface area contributed by atoms with Gasteiger partial charge >= 0.3 is 0 Å². The highest BCUT2D eigenvalue weighted by atomic mass is 14.9. The molecule has 6 aromatic carbocycles. The molecule has 1 heterocycles. The molecule has 1 fully saturated rings. The summed E-state index contributed by atoms with van der Waals surface area (Å²) in [5.41, 5.74) is 15.9. The molecule has 0 aliphatic heterocycles. The van der Waals surface area contributed by atoms with E-state index >= 15 is 0 Å². The van der Waals surface area contributed by atoms with Gasteiger partial charge in [-0.05, 0) is 69.5 Å². The Morgan fingerprint density at radius 3 is 1.65 bits per heavy atom. The molecule has 2 nitrogen and oxygen atoms in total. The average molecular weight is 617 g/mol. The first-order chi connectivity index (χ1) is 23.8. The highest BCUT2D eigenvalue weighted by Gasteiger charge is 2.45. The highest BCUT2D eigenvalue weighted by Crippen LogP contribution is 2.58. The summed E-state index contributed by atoms with van der Waals surface area (Å²) in [5.74, 6) is 0.739. The van der Waals surface area contributed by atoms with Crippen LogP contribution in [0.4, 0.5) is 0 Å². The molecule has 1 aromatic heterocycles. The van der Waals surface area contributed by atoms with Crippen molar-refractivity contribution in [2.45, 2.75) is 37.5 Å². The lowest BCUT2D eigenvalue weighted by Gasteiger charge is -2.37. The molecule has 0 amide bonds. The van der Waals surface area contributed by atoms with Gasteiger partial charge in [0.15, 0.2) is 5.82 Å². The van der Waals surface area contributed by atoms with Gasteiger partial charge in [0.05, 0.1) is 11.4 Å². The van der Waals surface area contributed by atoms with Crippen molar-refractivity contribution >= 4 is 0 Å². The van der Waals surface area contributed by atoms with Crippen LogP contribution in [0.15, 0.2) is 158 Å². The van der Waals surface area contributed by atoms with E-state index in [0.29, 0.717) is 0 Å². The molecule has 0 N–H and O–H groups in total. The van der Waals surface area contributed by atoms with Gasteiger partial charge in [-0.15, -0.1) is 0 Å². The van der Waals surface area contributed by atoms with Crippen molar-refractivity contribution in [2.75, 3.05) is 0 Å². The van der Waals surface area contributed by atoms with E-state index in [9.17, 15) is 0 Å². The smallest absolute Gasteiger partial charge is 0.160 e. The monoisotopic (exact) mass is 616 g/mol. The Bertz CT molecular complexity index is 2250. The van der Waals surface area contributed by atoms with E-state index in [1.165, 1.54) is 76.6 Å². The third-order valence-electron chi connectivity index (χ3n) is 10.5. The molecular weight excluding hydrogens is 581 g/mol. The Morgan fingerprint density at radius 1 is 0.375 bits per heavy atom. The van der Waals surface area contributed by atoms with Crippen molar-refractivity contribution in [3.8, 4) is 67.3 Å². The van der Waals surface area contributed by atoms with E-state index in [4.69, 9.17) is 9.97 Å². The molecular formula is C46H36N2. The minimum Gasteiger partial charge on any atom is -0.228 e.